The van der Waals surface area contributed by atoms with Crippen LogP contribution in [-0.2, 0) is 11.3 Å². The van der Waals surface area contributed by atoms with Crippen molar-refractivity contribution in [1.29, 1.82) is 0 Å². The van der Waals surface area contributed by atoms with Gasteiger partial charge in [-0.05, 0) is 32.1 Å². The van der Waals surface area contributed by atoms with Gasteiger partial charge in [0.2, 0.25) is 5.91 Å². The summed E-state index contributed by atoms with van der Waals surface area (Å²) in [5.74, 6) is 0.828. The first-order chi connectivity index (χ1) is 8.04. The Kier molecular flexibility index (Phi) is 3.19. The zero-order valence-electron chi connectivity index (χ0n) is 10.2. The van der Waals surface area contributed by atoms with E-state index in [0.29, 0.717) is 0 Å². The molecule has 5 nitrogen and oxygen atoms in total. The predicted octanol–water partition coefficient (Wildman–Crippen LogP) is 0.565. The quantitative estimate of drug-likeness (QED) is 0.801. The van der Waals surface area contributed by atoms with Crippen molar-refractivity contribution in [1.82, 2.24) is 9.55 Å². The van der Waals surface area contributed by atoms with E-state index in [1.165, 1.54) is 0 Å². The third-order valence-electron chi connectivity index (χ3n) is 3.97. The van der Waals surface area contributed by atoms with Crippen LogP contribution in [0.4, 0.5) is 0 Å². The number of carbonyl (C=O) groups excluding carboxylic acids is 1. The van der Waals surface area contributed by atoms with E-state index in [1.54, 1.807) is 6.20 Å². The van der Waals surface area contributed by atoms with E-state index < -0.39 is 5.54 Å². The Labute approximate surface area is 101 Å². The second-order valence-electron chi connectivity index (χ2n) is 4.95. The van der Waals surface area contributed by atoms with Gasteiger partial charge in [0.15, 0.2) is 0 Å². The molecule has 2 atom stereocenters. The standard InChI is InChI=1S/C12H20N4O/c1-9-15-6-8-16(9)7-4-10-3-2-5-12(10,14)11(13)17/h6,8,10H,2-5,7,14H2,1H3,(H2,13,17). The van der Waals surface area contributed by atoms with Gasteiger partial charge < -0.3 is 16.0 Å². The lowest BCUT2D eigenvalue weighted by atomic mass is 9.85. The molecule has 1 heterocycles. The number of rotatable bonds is 4. The largest absolute Gasteiger partial charge is 0.368 e. The van der Waals surface area contributed by atoms with E-state index in [0.717, 1.165) is 38.1 Å². The number of aromatic nitrogens is 2. The van der Waals surface area contributed by atoms with Gasteiger partial charge in [0.25, 0.3) is 0 Å². The molecular weight excluding hydrogens is 216 g/mol. The fraction of sp³-hybridized carbons (Fsp3) is 0.667. The maximum atomic E-state index is 11.4. The number of carbonyl (C=O) groups is 1. The monoisotopic (exact) mass is 236 g/mol. The molecule has 4 N–H and O–H groups in total. The van der Waals surface area contributed by atoms with Crippen LogP contribution in [0.25, 0.3) is 0 Å². The summed E-state index contributed by atoms with van der Waals surface area (Å²) >= 11 is 0. The molecule has 94 valence electrons. The second-order valence-corrected chi connectivity index (χ2v) is 4.95. The van der Waals surface area contributed by atoms with E-state index in [2.05, 4.69) is 9.55 Å². The molecule has 0 saturated heterocycles. The highest BCUT2D eigenvalue weighted by molar-refractivity contribution is 5.85. The number of nitrogens with two attached hydrogens (primary N) is 2. The van der Waals surface area contributed by atoms with Gasteiger partial charge in [0.1, 0.15) is 5.82 Å². The van der Waals surface area contributed by atoms with Crippen molar-refractivity contribution in [3.05, 3.63) is 18.2 Å². The summed E-state index contributed by atoms with van der Waals surface area (Å²) in [4.78, 5) is 15.6. The van der Waals surface area contributed by atoms with Crippen LogP contribution >= 0.6 is 0 Å². The van der Waals surface area contributed by atoms with Crippen LogP contribution in [0.1, 0.15) is 31.5 Å². The van der Waals surface area contributed by atoms with Crippen LogP contribution in [-0.4, -0.2) is 21.0 Å². The average Bonchev–Trinajstić information content (AvgIpc) is 2.83. The molecule has 5 heteroatoms. The molecule has 1 saturated carbocycles. The summed E-state index contributed by atoms with van der Waals surface area (Å²) in [6.07, 6.45) is 7.33. The van der Waals surface area contributed by atoms with Crippen molar-refractivity contribution >= 4 is 5.91 Å². The highest BCUT2D eigenvalue weighted by Crippen LogP contribution is 2.36. The molecule has 1 aliphatic rings. The highest BCUT2D eigenvalue weighted by Gasteiger charge is 2.43. The molecule has 0 bridgehead atoms. The molecule has 1 aromatic rings. The van der Waals surface area contributed by atoms with E-state index in [4.69, 9.17) is 11.5 Å². The minimum atomic E-state index is -0.797. The third-order valence-corrected chi connectivity index (χ3v) is 3.97. The predicted molar refractivity (Wildman–Crippen MR) is 65.0 cm³/mol. The van der Waals surface area contributed by atoms with Gasteiger partial charge >= 0.3 is 0 Å². The van der Waals surface area contributed by atoms with E-state index in [1.807, 2.05) is 13.1 Å². The molecular formula is C12H20N4O. The molecule has 2 rings (SSSR count). The van der Waals surface area contributed by atoms with E-state index in [9.17, 15) is 4.79 Å². The molecule has 2 unspecified atom stereocenters. The van der Waals surface area contributed by atoms with Crippen molar-refractivity contribution in [3.63, 3.8) is 0 Å². The molecule has 0 spiro atoms. The third kappa shape index (κ3) is 2.20. The van der Waals surface area contributed by atoms with Crippen LogP contribution < -0.4 is 11.5 Å². The fourth-order valence-electron chi connectivity index (χ4n) is 2.76. The molecule has 1 aliphatic carbocycles. The van der Waals surface area contributed by atoms with Crippen molar-refractivity contribution in [2.24, 2.45) is 17.4 Å². The zero-order chi connectivity index (χ0) is 12.5. The van der Waals surface area contributed by atoms with E-state index >= 15 is 0 Å². The van der Waals surface area contributed by atoms with Crippen LogP contribution in [0.5, 0.6) is 0 Å². The normalized spacial score (nSPS) is 28.5. The van der Waals surface area contributed by atoms with Gasteiger partial charge in [-0.1, -0.05) is 6.42 Å². The summed E-state index contributed by atoms with van der Waals surface area (Å²) in [5.41, 5.74) is 10.7. The lowest BCUT2D eigenvalue weighted by Crippen LogP contribution is -2.54. The van der Waals surface area contributed by atoms with Crippen molar-refractivity contribution < 1.29 is 4.79 Å². The first-order valence-corrected chi connectivity index (χ1v) is 6.10. The Balaban J connectivity index is 2.00. The van der Waals surface area contributed by atoms with Crippen molar-refractivity contribution in [2.45, 2.75) is 44.7 Å². The lowest BCUT2D eigenvalue weighted by molar-refractivity contribution is -0.124. The Hall–Kier alpha value is -1.36. The number of hydrogen-bond donors (Lipinski definition) is 2. The van der Waals surface area contributed by atoms with Crippen LogP contribution in [0, 0.1) is 12.8 Å². The summed E-state index contributed by atoms with van der Waals surface area (Å²) in [6.45, 7) is 2.82. The first-order valence-electron chi connectivity index (χ1n) is 6.10. The minimum Gasteiger partial charge on any atom is -0.368 e. The maximum absolute atomic E-state index is 11.4. The highest BCUT2D eigenvalue weighted by atomic mass is 16.1. The second kappa shape index (κ2) is 4.49. The number of nitrogens with zero attached hydrogens (tertiary/aromatic N) is 2. The summed E-state index contributed by atoms with van der Waals surface area (Å²) < 4.78 is 2.08. The number of primary amides is 1. The van der Waals surface area contributed by atoms with Crippen molar-refractivity contribution in [2.75, 3.05) is 0 Å². The Morgan fingerprint density at radius 3 is 3.06 bits per heavy atom. The first kappa shape index (κ1) is 12.1. The number of imidazole rings is 1. The number of amides is 1. The number of hydrogen-bond acceptors (Lipinski definition) is 3. The maximum Gasteiger partial charge on any atom is 0.237 e. The lowest BCUT2D eigenvalue weighted by Gasteiger charge is -2.28. The summed E-state index contributed by atoms with van der Waals surface area (Å²) in [5, 5.41) is 0. The molecule has 1 fully saturated rings. The molecule has 0 aromatic carbocycles. The Bertz CT molecular complexity index is 414. The Morgan fingerprint density at radius 2 is 2.47 bits per heavy atom. The summed E-state index contributed by atoms with van der Waals surface area (Å²) in [7, 11) is 0. The van der Waals surface area contributed by atoms with Gasteiger partial charge in [0.05, 0.1) is 5.54 Å². The molecule has 0 radical (unpaired) electrons. The number of aryl methyl sites for hydroxylation is 2. The van der Waals surface area contributed by atoms with Crippen molar-refractivity contribution in [3.8, 4) is 0 Å². The minimum absolute atomic E-state index is 0.196. The topological polar surface area (TPSA) is 86.9 Å². The van der Waals surface area contributed by atoms with Crippen LogP contribution in [0.3, 0.4) is 0 Å². The zero-order valence-corrected chi connectivity index (χ0v) is 10.2. The molecule has 17 heavy (non-hydrogen) atoms. The smallest absolute Gasteiger partial charge is 0.237 e. The molecule has 0 aliphatic heterocycles. The molecule has 1 amide bonds. The van der Waals surface area contributed by atoms with E-state index in [-0.39, 0.29) is 11.8 Å². The van der Waals surface area contributed by atoms with Crippen LogP contribution in [0.15, 0.2) is 12.4 Å². The Morgan fingerprint density at radius 1 is 1.71 bits per heavy atom. The average molecular weight is 236 g/mol. The van der Waals surface area contributed by atoms with Gasteiger partial charge in [-0.25, -0.2) is 4.98 Å². The van der Waals surface area contributed by atoms with Gasteiger partial charge in [-0.2, -0.15) is 0 Å². The van der Waals surface area contributed by atoms with Gasteiger partial charge in [0, 0.05) is 18.9 Å². The fourth-order valence-corrected chi connectivity index (χ4v) is 2.76. The summed E-state index contributed by atoms with van der Waals surface area (Å²) in [6, 6.07) is 0. The van der Waals surface area contributed by atoms with Gasteiger partial charge in [-0.15, -0.1) is 0 Å². The van der Waals surface area contributed by atoms with Gasteiger partial charge in [-0.3, -0.25) is 4.79 Å². The molecule has 1 aromatic heterocycles. The van der Waals surface area contributed by atoms with Crippen LogP contribution in [0.2, 0.25) is 0 Å². The SMILES string of the molecule is Cc1nccn1CCC1CCCC1(N)C(N)=O.